The quantitative estimate of drug-likeness (QED) is 0.812. The molecule has 5 nitrogen and oxygen atoms in total. The molecule has 2 aromatic rings. The maximum atomic E-state index is 13.4. The molecule has 140 valence electrons. The smallest absolute Gasteiger partial charge is 0.240 e. The molecular formula is C18H20ClFN2O3S. The first kappa shape index (κ1) is 19.3. The Labute approximate surface area is 157 Å². The third kappa shape index (κ3) is 4.61. The van der Waals surface area contributed by atoms with Gasteiger partial charge < -0.3 is 4.74 Å². The van der Waals surface area contributed by atoms with Crippen molar-refractivity contribution in [3.05, 3.63) is 64.9 Å². The molecule has 1 atom stereocenters. The van der Waals surface area contributed by atoms with Gasteiger partial charge in [0.1, 0.15) is 5.82 Å². The van der Waals surface area contributed by atoms with Gasteiger partial charge in [-0.3, -0.25) is 4.90 Å². The van der Waals surface area contributed by atoms with Crippen molar-refractivity contribution in [2.75, 3.05) is 32.8 Å². The average molecular weight is 399 g/mol. The molecule has 1 unspecified atom stereocenters. The van der Waals surface area contributed by atoms with Crippen molar-refractivity contribution in [3.63, 3.8) is 0 Å². The summed E-state index contributed by atoms with van der Waals surface area (Å²) in [5.41, 5.74) is 0.845. The lowest BCUT2D eigenvalue weighted by atomic mass is 10.0. The van der Waals surface area contributed by atoms with Crippen molar-refractivity contribution in [1.29, 1.82) is 0 Å². The van der Waals surface area contributed by atoms with Crippen LogP contribution in [0.1, 0.15) is 11.6 Å². The molecule has 0 bridgehead atoms. The lowest BCUT2D eigenvalue weighted by Gasteiger charge is -2.35. The van der Waals surface area contributed by atoms with E-state index in [0.29, 0.717) is 31.3 Å². The first-order valence-electron chi connectivity index (χ1n) is 8.29. The average Bonchev–Trinajstić information content (AvgIpc) is 2.64. The first-order chi connectivity index (χ1) is 12.5. The maximum Gasteiger partial charge on any atom is 0.240 e. The lowest BCUT2D eigenvalue weighted by molar-refractivity contribution is 0.0172. The normalized spacial score (nSPS) is 17.2. The molecule has 0 radical (unpaired) electrons. The lowest BCUT2D eigenvalue weighted by Crippen LogP contribution is -2.43. The van der Waals surface area contributed by atoms with Crippen LogP contribution < -0.4 is 4.72 Å². The van der Waals surface area contributed by atoms with E-state index in [2.05, 4.69) is 9.62 Å². The molecule has 1 N–H and O–H groups in total. The van der Waals surface area contributed by atoms with Crippen molar-refractivity contribution >= 4 is 21.6 Å². The number of hydrogen-bond acceptors (Lipinski definition) is 4. The molecule has 3 rings (SSSR count). The van der Waals surface area contributed by atoms with Crippen molar-refractivity contribution in [2.24, 2.45) is 0 Å². The fraction of sp³-hybridized carbons (Fsp3) is 0.333. The van der Waals surface area contributed by atoms with E-state index in [0.717, 1.165) is 11.6 Å². The molecule has 0 saturated carbocycles. The number of morpholine rings is 1. The van der Waals surface area contributed by atoms with Crippen LogP contribution in [-0.2, 0) is 14.8 Å². The van der Waals surface area contributed by atoms with Gasteiger partial charge in [-0.15, -0.1) is 0 Å². The fourth-order valence-electron chi connectivity index (χ4n) is 2.98. The second-order valence-electron chi connectivity index (χ2n) is 5.99. The third-order valence-electron chi connectivity index (χ3n) is 4.32. The Hall–Kier alpha value is -1.51. The van der Waals surface area contributed by atoms with Crippen molar-refractivity contribution < 1.29 is 17.5 Å². The SMILES string of the molecule is O=S(=O)(NCC(c1ccccc1Cl)N1CCOCC1)c1cccc(F)c1. The van der Waals surface area contributed by atoms with Crippen molar-refractivity contribution in [2.45, 2.75) is 10.9 Å². The van der Waals surface area contributed by atoms with E-state index in [9.17, 15) is 12.8 Å². The van der Waals surface area contributed by atoms with Crippen LogP contribution >= 0.6 is 11.6 Å². The van der Waals surface area contributed by atoms with E-state index in [4.69, 9.17) is 16.3 Å². The summed E-state index contributed by atoms with van der Waals surface area (Å²) in [6, 6.07) is 12.1. The highest BCUT2D eigenvalue weighted by molar-refractivity contribution is 7.89. The number of nitrogens with one attached hydrogen (secondary N) is 1. The van der Waals surface area contributed by atoms with Gasteiger partial charge in [-0.1, -0.05) is 35.9 Å². The second-order valence-corrected chi connectivity index (χ2v) is 8.17. The minimum atomic E-state index is -3.83. The van der Waals surface area contributed by atoms with Crippen molar-refractivity contribution in [1.82, 2.24) is 9.62 Å². The number of hydrogen-bond donors (Lipinski definition) is 1. The summed E-state index contributed by atoms with van der Waals surface area (Å²) < 4.78 is 46.4. The first-order valence-corrected chi connectivity index (χ1v) is 10.1. The van der Waals surface area contributed by atoms with Crippen LogP contribution in [0.25, 0.3) is 0 Å². The van der Waals surface area contributed by atoms with Crippen LogP contribution in [0.5, 0.6) is 0 Å². The monoisotopic (exact) mass is 398 g/mol. The van der Waals surface area contributed by atoms with Crippen LogP contribution in [0.4, 0.5) is 4.39 Å². The summed E-state index contributed by atoms with van der Waals surface area (Å²) in [6.45, 7) is 2.65. The highest BCUT2D eigenvalue weighted by Crippen LogP contribution is 2.28. The zero-order valence-corrected chi connectivity index (χ0v) is 15.6. The van der Waals surface area contributed by atoms with E-state index in [1.807, 2.05) is 18.2 Å². The number of halogens is 2. The molecule has 26 heavy (non-hydrogen) atoms. The number of nitrogens with zero attached hydrogens (tertiary/aromatic N) is 1. The Bertz CT molecular complexity index is 857. The van der Waals surface area contributed by atoms with Crippen LogP contribution in [0.2, 0.25) is 5.02 Å². The highest BCUT2D eigenvalue weighted by Gasteiger charge is 2.26. The van der Waals surface area contributed by atoms with Gasteiger partial charge in [-0.2, -0.15) is 0 Å². The minimum absolute atomic E-state index is 0.0996. The Balaban J connectivity index is 1.83. The molecule has 0 aliphatic carbocycles. The molecule has 2 aromatic carbocycles. The van der Waals surface area contributed by atoms with Gasteiger partial charge in [0.05, 0.1) is 18.1 Å². The number of rotatable bonds is 6. The predicted octanol–water partition coefficient (Wildman–Crippen LogP) is 2.83. The topological polar surface area (TPSA) is 58.6 Å². The van der Waals surface area contributed by atoms with Gasteiger partial charge in [0.25, 0.3) is 0 Å². The Morgan fingerprint density at radius 3 is 2.58 bits per heavy atom. The molecule has 1 aliphatic rings. The molecule has 0 amide bonds. The maximum absolute atomic E-state index is 13.4. The molecule has 0 spiro atoms. The van der Waals surface area contributed by atoms with Gasteiger partial charge in [-0.05, 0) is 29.8 Å². The van der Waals surface area contributed by atoms with Gasteiger partial charge in [-0.25, -0.2) is 17.5 Å². The number of ether oxygens (including phenoxy) is 1. The van der Waals surface area contributed by atoms with E-state index >= 15 is 0 Å². The fourth-order valence-corrected chi connectivity index (χ4v) is 4.31. The van der Waals surface area contributed by atoms with E-state index in [1.54, 1.807) is 6.07 Å². The summed E-state index contributed by atoms with van der Waals surface area (Å²) in [4.78, 5) is 2.04. The molecule has 1 fully saturated rings. The highest BCUT2D eigenvalue weighted by atomic mass is 35.5. The Morgan fingerprint density at radius 1 is 1.15 bits per heavy atom. The molecular weight excluding hydrogens is 379 g/mol. The summed E-state index contributed by atoms with van der Waals surface area (Å²) in [5.74, 6) is -0.594. The van der Waals surface area contributed by atoms with Gasteiger partial charge in [0.2, 0.25) is 10.0 Å². The van der Waals surface area contributed by atoms with Crippen LogP contribution in [-0.4, -0.2) is 46.2 Å². The molecule has 1 aliphatic heterocycles. The Morgan fingerprint density at radius 2 is 1.88 bits per heavy atom. The van der Waals surface area contributed by atoms with E-state index in [1.165, 1.54) is 18.2 Å². The Kier molecular flexibility index (Phi) is 6.26. The summed E-state index contributed by atoms with van der Waals surface area (Å²) in [5, 5.41) is 0.578. The summed E-state index contributed by atoms with van der Waals surface area (Å²) in [7, 11) is -3.83. The molecule has 8 heteroatoms. The number of sulfonamides is 1. The third-order valence-corrected chi connectivity index (χ3v) is 6.09. The second kappa shape index (κ2) is 8.45. The van der Waals surface area contributed by atoms with Gasteiger partial charge in [0.15, 0.2) is 0 Å². The standard InChI is InChI=1S/C18H20ClFN2O3S/c19-17-7-2-1-6-16(17)18(22-8-10-25-11-9-22)13-21-26(23,24)15-5-3-4-14(20)12-15/h1-7,12,18,21H,8-11,13H2. The van der Waals surface area contributed by atoms with E-state index in [-0.39, 0.29) is 17.5 Å². The molecule has 1 saturated heterocycles. The zero-order chi connectivity index (χ0) is 18.6. The predicted molar refractivity (Wildman–Crippen MR) is 98.2 cm³/mol. The number of benzene rings is 2. The molecule has 0 aromatic heterocycles. The summed E-state index contributed by atoms with van der Waals surface area (Å²) in [6.07, 6.45) is 0. The zero-order valence-electron chi connectivity index (χ0n) is 14.1. The van der Waals surface area contributed by atoms with Crippen molar-refractivity contribution in [3.8, 4) is 0 Å². The van der Waals surface area contributed by atoms with Gasteiger partial charge in [0, 0.05) is 30.7 Å². The van der Waals surface area contributed by atoms with E-state index < -0.39 is 15.8 Å². The summed E-state index contributed by atoms with van der Waals surface area (Å²) >= 11 is 6.34. The van der Waals surface area contributed by atoms with Crippen LogP contribution in [0.3, 0.4) is 0 Å². The van der Waals surface area contributed by atoms with Gasteiger partial charge >= 0.3 is 0 Å². The minimum Gasteiger partial charge on any atom is -0.379 e. The van der Waals surface area contributed by atoms with Crippen LogP contribution in [0.15, 0.2) is 53.4 Å². The van der Waals surface area contributed by atoms with Crippen LogP contribution in [0, 0.1) is 5.82 Å². The molecule has 1 heterocycles. The largest absolute Gasteiger partial charge is 0.379 e.